The number of benzene rings is 2. The van der Waals surface area contributed by atoms with E-state index in [0.29, 0.717) is 12.4 Å². The molecule has 0 N–H and O–H groups in total. The molecule has 1 aliphatic carbocycles. The highest BCUT2D eigenvalue weighted by Crippen LogP contribution is 2.33. The maximum atomic E-state index is 13.4. The summed E-state index contributed by atoms with van der Waals surface area (Å²) in [6.07, 6.45) is 10.8. The molecule has 168 valence electrons. The van der Waals surface area contributed by atoms with Crippen LogP contribution in [0.4, 0.5) is 10.1 Å². The van der Waals surface area contributed by atoms with E-state index in [1.54, 1.807) is 12.1 Å². The molecule has 2 aliphatic rings. The number of amides is 1. The number of amidine groups is 1. The summed E-state index contributed by atoms with van der Waals surface area (Å²) in [4.78, 5) is 21.1. The predicted octanol–water partition coefficient (Wildman–Crippen LogP) is 4.50. The molecule has 33 heavy (non-hydrogen) atoms. The van der Waals surface area contributed by atoms with Crippen LogP contribution in [0, 0.1) is 12.7 Å². The summed E-state index contributed by atoms with van der Waals surface area (Å²) in [7, 11) is 0. The molecule has 5 rings (SSSR count). The van der Waals surface area contributed by atoms with E-state index in [4.69, 9.17) is 0 Å². The predicted molar refractivity (Wildman–Crippen MR) is 128 cm³/mol. The van der Waals surface area contributed by atoms with Gasteiger partial charge in [0, 0.05) is 18.4 Å². The van der Waals surface area contributed by atoms with Gasteiger partial charge >= 0.3 is 0 Å². The molecular formula is C26H26FN5O. The average molecular weight is 444 g/mol. The van der Waals surface area contributed by atoms with E-state index in [0.717, 1.165) is 36.2 Å². The molecule has 0 bridgehead atoms. The summed E-state index contributed by atoms with van der Waals surface area (Å²) in [6.45, 7) is 4.91. The first kappa shape index (κ1) is 21.1. The van der Waals surface area contributed by atoms with Crippen molar-refractivity contribution in [2.24, 2.45) is 4.99 Å². The van der Waals surface area contributed by atoms with Crippen molar-refractivity contribution in [3.63, 3.8) is 0 Å². The number of rotatable bonds is 6. The molecule has 0 atom stereocenters. The lowest BCUT2D eigenvalue weighted by atomic mass is 9.83. The molecule has 2 aromatic carbocycles. The van der Waals surface area contributed by atoms with Crippen LogP contribution >= 0.6 is 0 Å². The zero-order valence-electron chi connectivity index (χ0n) is 18.8. The SMILES string of the molecule is CCCN1C(C=Cc2ccc(-n3cnc(C)c3)c3c2CC3)=NC(=O)CN1c1ccc(F)cc1. The van der Waals surface area contributed by atoms with Gasteiger partial charge in [-0.2, -0.15) is 4.99 Å². The quantitative estimate of drug-likeness (QED) is 0.563. The van der Waals surface area contributed by atoms with Crippen molar-refractivity contribution in [2.75, 3.05) is 18.1 Å². The Hall–Kier alpha value is -3.74. The Morgan fingerprint density at radius 1 is 1.06 bits per heavy atom. The van der Waals surface area contributed by atoms with E-state index in [2.05, 4.69) is 33.6 Å². The van der Waals surface area contributed by atoms with Gasteiger partial charge in [-0.05, 0) is 79.3 Å². The lowest BCUT2D eigenvalue weighted by Crippen LogP contribution is -2.52. The van der Waals surface area contributed by atoms with E-state index < -0.39 is 0 Å². The number of anilines is 1. The number of hydrazine groups is 1. The van der Waals surface area contributed by atoms with Crippen LogP contribution in [0.25, 0.3) is 11.8 Å². The van der Waals surface area contributed by atoms with Gasteiger partial charge in [-0.15, -0.1) is 0 Å². The van der Waals surface area contributed by atoms with Crippen LogP contribution in [0.15, 0.2) is 60.0 Å². The number of aryl methyl sites for hydroxylation is 1. The van der Waals surface area contributed by atoms with Gasteiger partial charge in [-0.3, -0.25) is 14.8 Å². The fourth-order valence-electron chi connectivity index (χ4n) is 4.43. The second-order valence-electron chi connectivity index (χ2n) is 8.41. The highest BCUT2D eigenvalue weighted by atomic mass is 19.1. The Morgan fingerprint density at radius 2 is 1.85 bits per heavy atom. The average Bonchev–Trinajstić information content (AvgIpc) is 3.21. The van der Waals surface area contributed by atoms with E-state index in [1.165, 1.54) is 28.9 Å². The molecule has 0 saturated heterocycles. The molecule has 2 heterocycles. The Kier molecular flexibility index (Phi) is 5.54. The standard InChI is InChI=1S/C26H26FN5O/c1-3-14-31-25(29-26(33)16-32(31)21-8-6-20(27)7-9-21)13-5-19-4-12-24(23-11-10-22(19)23)30-15-18(2)28-17-30/h4-9,12-13,15,17H,3,10-11,14,16H2,1-2H3. The number of nitrogens with zero attached hydrogens (tertiary/aromatic N) is 5. The molecule has 1 amide bonds. The Morgan fingerprint density at radius 3 is 2.52 bits per heavy atom. The third-order valence-corrected chi connectivity index (χ3v) is 6.11. The highest BCUT2D eigenvalue weighted by molar-refractivity contribution is 6.07. The molecule has 7 heteroatoms. The number of aliphatic imine (C=N–C) groups is 1. The highest BCUT2D eigenvalue weighted by Gasteiger charge is 2.27. The van der Waals surface area contributed by atoms with Crippen molar-refractivity contribution < 1.29 is 9.18 Å². The third-order valence-electron chi connectivity index (χ3n) is 6.11. The van der Waals surface area contributed by atoms with E-state index in [-0.39, 0.29) is 18.3 Å². The van der Waals surface area contributed by atoms with Crippen molar-refractivity contribution in [1.82, 2.24) is 14.6 Å². The molecule has 1 aromatic heterocycles. The normalized spacial score (nSPS) is 15.6. The largest absolute Gasteiger partial charge is 0.306 e. The summed E-state index contributed by atoms with van der Waals surface area (Å²) in [5.41, 5.74) is 6.75. The van der Waals surface area contributed by atoms with Crippen LogP contribution in [0.1, 0.15) is 35.7 Å². The number of imidazole rings is 1. The molecule has 0 saturated carbocycles. The minimum Gasteiger partial charge on any atom is -0.306 e. The van der Waals surface area contributed by atoms with E-state index in [1.807, 2.05) is 41.6 Å². The van der Waals surface area contributed by atoms with Crippen LogP contribution < -0.4 is 5.01 Å². The van der Waals surface area contributed by atoms with Gasteiger partial charge in [0.25, 0.3) is 5.91 Å². The van der Waals surface area contributed by atoms with Gasteiger partial charge in [0.2, 0.25) is 0 Å². The number of hydrogen-bond donors (Lipinski definition) is 0. The molecular weight excluding hydrogens is 417 g/mol. The Bertz CT molecular complexity index is 1260. The lowest BCUT2D eigenvalue weighted by Gasteiger charge is -2.39. The fraction of sp³-hybridized carbons (Fsp3) is 0.269. The van der Waals surface area contributed by atoms with Crippen molar-refractivity contribution >= 4 is 23.5 Å². The van der Waals surface area contributed by atoms with Crippen LogP contribution in [-0.4, -0.2) is 39.4 Å². The number of halogens is 1. The molecule has 0 unspecified atom stereocenters. The van der Waals surface area contributed by atoms with Crippen molar-refractivity contribution in [3.05, 3.63) is 83.2 Å². The minimum atomic E-state index is -0.301. The smallest absolute Gasteiger partial charge is 0.269 e. The summed E-state index contributed by atoms with van der Waals surface area (Å²) >= 11 is 0. The zero-order chi connectivity index (χ0) is 22.9. The van der Waals surface area contributed by atoms with E-state index >= 15 is 0 Å². The molecule has 3 aromatic rings. The lowest BCUT2D eigenvalue weighted by molar-refractivity contribution is -0.117. The Balaban J connectivity index is 1.45. The summed E-state index contributed by atoms with van der Waals surface area (Å²) in [6, 6.07) is 10.4. The second kappa shape index (κ2) is 8.65. The van der Waals surface area contributed by atoms with Gasteiger partial charge in [0.1, 0.15) is 12.4 Å². The first-order valence-electron chi connectivity index (χ1n) is 11.3. The van der Waals surface area contributed by atoms with Crippen molar-refractivity contribution in [2.45, 2.75) is 33.1 Å². The summed E-state index contributed by atoms with van der Waals surface area (Å²) in [5, 5.41) is 3.88. The molecule has 0 spiro atoms. The van der Waals surface area contributed by atoms with Gasteiger partial charge < -0.3 is 4.57 Å². The minimum absolute atomic E-state index is 0.136. The topological polar surface area (TPSA) is 53.7 Å². The Labute approximate surface area is 192 Å². The maximum absolute atomic E-state index is 13.4. The third kappa shape index (κ3) is 4.06. The number of carbonyl (C=O) groups excluding carboxylic acids is 1. The molecule has 1 aliphatic heterocycles. The van der Waals surface area contributed by atoms with Crippen LogP contribution in [-0.2, 0) is 17.6 Å². The molecule has 0 fully saturated rings. The van der Waals surface area contributed by atoms with Gasteiger partial charge in [-0.25, -0.2) is 9.37 Å². The van der Waals surface area contributed by atoms with Crippen molar-refractivity contribution in [1.29, 1.82) is 0 Å². The van der Waals surface area contributed by atoms with Crippen LogP contribution in [0.5, 0.6) is 0 Å². The monoisotopic (exact) mass is 443 g/mol. The first-order valence-corrected chi connectivity index (χ1v) is 11.3. The van der Waals surface area contributed by atoms with Crippen LogP contribution in [0.3, 0.4) is 0 Å². The fourth-order valence-corrected chi connectivity index (χ4v) is 4.43. The van der Waals surface area contributed by atoms with Crippen molar-refractivity contribution in [3.8, 4) is 5.69 Å². The molecule has 0 radical (unpaired) electrons. The number of hydrogen-bond acceptors (Lipinski definition) is 4. The first-order chi connectivity index (χ1) is 16.0. The summed E-state index contributed by atoms with van der Waals surface area (Å²) < 4.78 is 15.5. The van der Waals surface area contributed by atoms with Crippen LogP contribution in [0.2, 0.25) is 0 Å². The van der Waals surface area contributed by atoms with E-state index in [9.17, 15) is 9.18 Å². The maximum Gasteiger partial charge on any atom is 0.269 e. The number of carbonyl (C=O) groups is 1. The zero-order valence-corrected chi connectivity index (χ0v) is 18.8. The number of fused-ring (bicyclic) bond motifs is 1. The molecule has 6 nitrogen and oxygen atoms in total. The second-order valence-corrected chi connectivity index (χ2v) is 8.41. The van der Waals surface area contributed by atoms with Gasteiger partial charge in [0.15, 0.2) is 5.84 Å². The summed E-state index contributed by atoms with van der Waals surface area (Å²) in [5.74, 6) is 0.0787. The van der Waals surface area contributed by atoms with Gasteiger partial charge in [0.05, 0.1) is 17.7 Å². The number of aromatic nitrogens is 2. The van der Waals surface area contributed by atoms with Gasteiger partial charge in [-0.1, -0.05) is 19.1 Å².